The van der Waals surface area contributed by atoms with Gasteiger partial charge in [-0.25, -0.2) is 8.42 Å². The van der Waals surface area contributed by atoms with E-state index in [1.54, 1.807) is 0 Å². The molecule has 1 aliphatic rings. The van der Waals surface area contributed by atoms with Gasteiger partial charge < -0.3 is 10.6 Å². The summed E-state index contributed by atoms with van der Waals surface area (Å²) >= 11 is 0. The lowest BCUT2D eigenvalue weighted by Crippen LogP contribution is -2.49. The summed E-state index contributed by atoms with van der Waals surface area (Å²) in [6.07, 6.45) is -4.42. The van der Waals surface area contributed by atoms with E-state index in [4.69, 9.17) is 0 Å². The van der Waals surface area contributed by atoms with Crippen LogP contribution in [0.15, 0.2) is 24.3 Å². The number of alkyl halides is 3. The third-order valence-corrected chi connectivity index (χ3v) is 5.95. The zero-order valence-electron chi connectivity index (χ0n) is 14.2. The van der Waals surface area contributed by atoms with Crippen molar-refractivity contribution in [1.82, 2.24) is 5.32 Å². The summed E-state index contributed by atoms with van der Waals surface area (Å²) < 4.78 is 61.9. The van der Waals surface area contributed by atoms with Gasteiger partial charge in [0.1, 0.15) is 5.41 Å². The SMILES string of the molecule is CC(C)(C(=O)Nc1ccccc1C(F)(F)F)C(=O)NC1CCS(=O)(=O)C1. The molecule has 1 unspecified atom stereocenters. The summed E-state index contributed by atoms with van der Waals surface area (Å²) in [5.74, 6) is -1.94. The topological polar surface area (TPSA) is 92.3 Å². The Bertz CT molecular complexity index is 819. The molecule has 1 atom stereocenters. The van der Waals surface area contributed by atoms with E-state index >= 15 is 0 Å². The van der Waals surface area contributed by atoms with Crippen molar-refractivity contribution in [2.75, 3.05) is 16.8 Å². The predicted molar refractivity (Wildman–Crippen MR) is 89.1 cm³/mol. The lowest BCUT2D eigenvalue weighted by molar-refractivity contribution is -0.138. The van der Waals surface area contributed by atoms with Crippen molar-refractivity contribution in [2.45, 2.75) is 32.5 Å². The molecular weight excluding hydrogens is 373 g/mol. The summed E-state index contributed by atoms with van der Waals surface area (Å²) in [7, 11) is -3.22. The standard InChI is InChI=1S/C16H19F3N2O4S/c1-15(2,13(22)20-10-7-8-26(24,25)9-10)14(23)21-12-6-4-3-5-11(12)16(17,18)19/h3-6,10H,7-9H2,1-2H3,(H,20,22)(H,21,23). The highest BCUT2D eigenvalue weighted by Gasteiger charge is 2.40. The largest absolute Gasteiger partial charge is 0.418 e. The number of carbonyl (C=O) groups is 2. The van der Waals surface area contributed by atoms with Crippen LogP contribution >= 0.6 is 0 Å². The molecule has 26 heavy (non-hydrogen) atoms. The Morgan fingerprint density at radius 3 is 2.27 bits per heavy atom. The molecule has 10 heteroatoms. The monoisotopic (exact) mass is 392 g/mol. The Morgan fingerprint density at radius 2 is 1.73 bits per heavy atom. The Hall–Kier alpha value is -2.10. The highest BCUT2D eigenvalue weighted by atomic mass is 32.2. The van der Waals surface area contributed by atoms with E-state index in [-0.39, 0.29) is 17.9 Å². The second kappa shape index (κ2) is 6.90. The van der Waals surface area contributed by atoms with Crippen molar-refractivity contribution in [1.29, 1.82) is 0 Å². The van der Waals surface area contributed by atoms with Crippen LogP contribution < -0.4 is 10.6 Å². The maximum atomic E-state index is 13.0. The zero-order chi connectivity index (χ0) is 19.8. The van der Waals surface area contributed by atoms with Crippen LogP contribution in [-0.2, 0) is 25.6 Å². The van der Waals surface area contributed by atoms with Gasteiger partial charge in [0.15, 0.2) is 9.84 Å². The number of para-hydroxylation sites is 1. The van der Waals surface area contributed by atoms with Crippen molar-refractivity contribution in [3.8, 4) is 0 Å². The van der Waals surface area contributed by atoms with E-state index in [9.17, 15) is 31.2 Å². The summed E-state index contributed by atoms with van der Waals surface area (Å²) in [6, 6.07) is 3.84. The first-order valence-electron chi connectivity index (χ1n) is 7.82. The van der Waals surface area contributed by atoms with Gasteiger partial charge in [-0.3, -0.25) is 9.59 Å². The van der Waals surface area contributed by atoms with Crippen LogP contribution in [0.3, 0.4) is 0 Å². The number of anilines is 1. The summed E-state index contributed by atoms with van der Waals surface area (Å²) in [5, 5.41) is 4.63. The normalized spacial score (nSPS) is 19.8. The quantitative estimate of drug-likeness (QED) is 0.767. The fourth-order valence-corrected chi connectivity index (χ4v) is 4.17. The maximum Gasteiger partial charge on any atom is 0.418 e. The fourth-order valence-electron chi connectivity index (χ4n) is 2.50. The molecule has 2 rings (SSSR count). The number of nitrogens with one attached hydrogen (secondary N) is 2. The summed E-state index contributed by atoms with van der Waals surface area (Å²) in [6.45, 7) is 2.52. The molecule has 1 aromatic carbocycles. The van der Waals surface area contributed by atoms with Crippen molar-refractivity contribution in [2.24, 2.45) is 5.41 Å². The van der Waals surface area contributed by atoms with Gasteiger partial charge in [-0.05, 0) is 32.4 Å². The number of rotatable bonds is 4. The first-order valence-corrected chi connectivity index (χ1v) is 9.64. The van der Waals surface area contributed by atoms with E-state index < -0.39 is 50.5 Å². The minimum atomic E-state index is -4.66. The van der Waals surface area contributed by atoms with Gasteiger partial charge in [-0.2, -0.15) is 13.2 Å². The maximum absolute atomic E-state index is 13.0. The van der Waals surface area contributed by atoms with Gasteiger partial charge in [0, 0.05) is 6.04 Å². The molecule has 0 saturated carbocycles. The van der Waals surface area contributed by atoms with Crippen molar-refractivity contribution in [3.05, 3.63) is 29.8 Å². The highest BCUT2D eigenvalue weighted by molar-refractivity contribution is 7.91. The van der Waals surface area contributed by atoms with Gasteiger partial charge in [0.2, 0.25) is 11.8 Å². The van der Waals surface area contributed by atoms with Crippen LogP contribution in [0.5, 0.6) is 0 Å². The molecule has 144 valence electrons. The van der Waals surface area contributed by atoms with Gasteiger partial charge in [0.05, 0.1) is 22.8 Å². The predicted octanol–water partition coefficient (Wildman–Crippen LogP) is 1.97. The first kappa shape index (κ1) is 20.2. The number of hydrogen-bond acceptors (Lipinski definition) is 4. The number of carbonyl (C=O) groups excluding carboxylic acids is 2. The van der Waals surface area contributed by atoms with Gasteiger partial charge >= 0.3 is 6.18 Å². The van der Waals surface area contributed by atoms with Crippen LogP contribution in [0, 0.1) is 5.41 Å². The molecule has 2 N–H and O–H groups in total. The minimum absolute atomic E-state index is 0.0521. The smallest absolute Gasteiger partial charge is 0.351 e. The molecule has 0 bridgehead atoms. The van der Waals surface area contributed by atoms with Gasteiger partial charge in [-0.1, -0.05) is 12.1 Å². The van der Waals surface area contributed by atoms with E-state index in [0.29, 0.717) is 0 Å². The van der Waals surface area contributed by atoms with Crippen molar-refractivity contribution < 1.29 is 31.2 Å². The van der Waals surface area contributed by atoms with Crippen LogP contribution in [0.4, 0.5) is 18.9 Å². The number of hydrogen-bond donors (Lipinski definition) is 2. The molecular formula is C16H19F3N2O4S. The molecule has 1 fully saturated rings. The second-order valence-corrected chi connectivity index (χ2v) is 8.92. The minimum Gasteiger partial charge on any atom is -0.351 e. The lowest BCUT2D eigenvalue weighted by Gasteiger charge is -2.25. The van der Waals surface area contributed by atoms with Crippen molar-refractivity contribution >= 4 is 27.3 Å². The van der Waals surface area contributed by atoms with Crippen molar-refractivity contribution in [3.63, 3.8) is 0 Å². The zero-order valence-corrected chi connectivity index (χ0v) is 15.0. The number of benzene rings is 1. The van der Waals surface area contributed by atoms with Gasteiger partial charge in [0.25, 0.3) is 0 Å². The van der Waals surface area contributed by atoms with Gasteiger partial charge in [-0.15, -0.1) is 0 Å². The van der Waals surface area contributed by atoms with Crippen LogP contribution in [0.1, 0.15) is 25.8 Å². The number of halogens is 3. The average Bonchev–Trinajstić information content (AvgIpc) is 2.85. The molecule has 0 aliphatic carbocycles. The Labute approximate surface area is 149 Å². The van der Waals surface area contributed by atoms with E-state index in [1.807, 2.05) is 0 Å². The molecule has 1 saturated heterocycles. The van der Waals surface area contributed by atoms with E-state index in [0.717, 1.165) is 12.1 Å². The average molecular weight is 392 g/mol. The molecule has 1 heterocycles. The van der Waals surface area contributed by atoms with Crippen LogP contribution in [-0.4, -0.2) is 37.8 Å². The summed E-state index contributed by atoms with van der Waals surface area (Å²) in [4.78, 5) is 24.8. The second-order valence-electron chi connectivity index (χ2n) is 6.70. The van der Waals surface area contributed by atoms with E-state index in [2.05, 4.69) is 10.6 Å². The first-order chi connectivity index (χ1) is 11.8. The molecule has 0 spiro atoms. The molecule has 2 amide bonds. The number of sulfone groups is 1. The van der Waals surface area contributed by atoms with Crippen LogP contribution in [0.2, 0.25) is 0 Å². The van der Waals surface area contributed by atoms with Crippen LogP contribution in [0.25, 0.3) is 0 Å². The highest BCUT2D eigenvalue weighted by Crippen LogP contribution is 2.35. The summed E-state index contributed by atoms with van der Waals surface area (Å²) in [5.41, 5.74) is -3.16. The molecule has 0 radical (unpaired) electrons. The molecule has 6 nitrogen and oxygen atoms in total. The third kappa shape index (κ3) is 4.54. The fraction of sp³-hybridized carbons (Fsp3) is 0.500. The third-order valence-electron chi connectivity index (χ3n) is 4.18. The number of amides is 2. The van der Waals surface area contributed by atoms with E-state index in [1.165, 1.54) is 26.0 Å². The lowest BCUT2D eigenvalue weighted by atomic mass is 9.90. The Morgan fingerprint density at radius 1 is 1.12 bits per heavy atom. The molecule has 1 aliphatic heterocycles. The molecule has 0 aromatic heterocycles. The molecule has 1 aromatic rings. The Balaban J connectivity index is 2.12. The Kier molecular flexibility index (Phi) is 5.36.